The summed E-state index contributed by atoms with van der Waals surface area (Å²) in [6.45, 7) is 17.7. The van der Waals surface area contributed by atoms with Crippen LogP contribution >= 0.6 is 0 Å². The van der Waals surface area contributed by atoms with Crippen molar-refractivity contribution in [2.45, 2.75) is 155 Å². The quantitative estimate of drug-likeness (QED) is 0.0480. The van der Waals surface area contributed by atoms with Crippen molar-refractivity contribution in [2.75, 3.05) is 92.4 Å². The number of carbonyl (C=O) groups excluding carboxylic acids is 3. The first kappa shape index (κ1) is 52.0. The first-order chi connectivity index (χ1) is 25.9. The molecule has 0 aromatic heterocycles. The molecule has 0 atom stereocenters. The summed E-state index contributed by atoms with van der Waals surface area (Å²) in [4.78, 5) is 35.3. The van der Waals surface area contributed by atoms with Crippen molar-refractivity contribution in [1.82, 2.24) is 10.6 Å². The van der Waals surface area contributed by atoms with Gasteiger partial charge in [0, 0.05) is 25.9 Å². The molecule has 13 nitrogen and oxygen atoms in total. The Morgan fingerprint density at radius 3 is 1.02 bits per heavy atom. The fourth-order valence-electron chi connectivity index (χ4n) is 5.16. The molecule has 0 saturated carbocycles. The van der Waals surface area contributed by atoms with Gasteiger partial charge in [0.05, 0.1) is 79.3 Å². The van der Waals surface area contributed by atoms with Crippen LogP contribution in [0.25, 0.3) is 0 Å². The van der Waals surface area contributed by atoms with Gasteiger partial charge in [-0.1, -0.05) is 77.0 Å². The predicted molar refractivity (Wildman–Crippen MR) is 212 cm³/mol. The Bertz CT molecular complexity index is 878. The number of hydrogen-bond acceptors (Lipinski definition) is 11. The van der Waals surface area contributed by atoms with Crippen molar-refractivity contribution >= 4 is 18.0 Å². The van der Waals surface area contributed by atoms with Crippen LogP contribution in [0.3, 0.4) is 0 Å². The maximum Gasteiger partial charge on any atom is 0.407 e. The van der Waals surface area contributed by atoms with Crippen molar-refractivity contribution in [3.05, 3.63) is 0 Å². The minimum absolute atomic E-state index is 0.0760. The van der Waals surface area contributed by atoms with Gasteiger partial charge in [-0.25, -0.2) is 4.79 Å². The van der Waals surface area contributed by atoms with Crippen LogP contribution < -0.4 is 10.6 Å². The highest BCUT2D eigenvalue weighted by atomic mass is 16.6. The molecule has 0 rings (SSSR count). The Balaban J connectivity index is 3.23. The van der Waals surface area contributed by atoms with E-state index in [1.54, 1.807) is 0 Å². The highest BCUT2D eigenvalue weighted by Crippen LogP contribution is 2.15. The maximum atomic E-state index is 12.0. The second-order valence-electron chi connectivity index (χ2n) is 15.5. The normalized spacial score (nSPS) is 11.8. The lowest BCUT2D eigenvalue weighted by molar-refractivity contribution is -0.154. The van der Waals surface area contributed by atoms with Gasteiger partial charge < -0.3 is 48.5 Å². The Hall–Kier alpha value is -2.03. The van der Waals surface area contributed by atoms with Crippen LogP contribution in [0.1, 0.15) is 144 Å². The molecule has 0 aromatic carbocycles. The summed E-state index contributed by atoms with van der Waals surface area (Å²) in [7, 11) is 0. The van der Waals surface area contributed by atoms with E-state index < -0.39 is 11.7 Å². The zero-order valence-corrected chi connectivity index (χ0v) is 35.2. The molecule has 0 aliphatic carbocycles. The molecule has 54 heavy (non-hydrogen) atoms. The Morgan fingerprint density at radius 1 is 0.370 bits per heavy atom. The number of ether oxygens (including phenoxy) is 8. The van der Waals surface area contributed by atoms with Crippen LogP contribution in [0, 0.1) is 0 Å². The van der Waals surface area contributed by atoms with E-state index in [0.717, 1.165) is 25.7 Å². The van der Waals surface area contributed by atoms with Gasteiger partial charge in [-0.3, -0.25) is 9.59 Å². The van der Waals surface area contributed by atoms with E-state index in [-0.39, 0.29) is 17.5 Å². The topological polar surface area (TPSA) is 149 Å². The summed E-state index contributed by atoms with van der Waals surface area (Å²) in [5, 5.41) is 5.56. The zero-order valence-electron chi connectivity index (χ0n) is 35.2. The van der Waals surface area contributed by atoms with Crippen molar-refractivity contribution < 1.29 is 52.3 Å². The molecule has 0 aliphatic heterocycles. The van der Waals surface area contributed by atoms with E-state index in [0.29, 0.717) is 105 Å². The summed E-state index contributed by atoms with van der Waals surface area (Å²) in [5.41, 5.74) is -0.894. The molecular formula is C41H80N2O11. The van der Waals surface area contributed by atoms with E-state index in [1.165, 1.54) is 64.2 Å². The lowest BCUT2D eigenvalue weighted by Gasteiger charge is -2.19. The van der Waals surface area contributed by atoms with E-state index >= 15 is 0 Å². The lowest BCUT2D eigenvalue weighted by Crippen LogP contribution is -2.34. The molecule has 13 heteroatoms. The predicted octanol–water partition coefficient (Wildman–Crippen LogP) is 7.31. The van der Waals surface area contributed by atoms with Crippen molar-refractivity contribution in [2.24, 2.45) is 0 Å². The number of hydrogen-bond donors (Lipinski definition) is 2. The fraction of sp³-hybridized carbons (Fsp3) is 0.927. The minimum Gasteiger partial charge on any atom is -0.460 e. The van der Waals surface area contributed by atoms with Crippen LogP contribution in [-0.2, 0) is 47.5 Å². The summed E-state index contributed by atoms with van der Waals surface area (Å²) in [6, 6.07) is 0. The molecule has 0 unspecified atom stereocenters. The highest BCUT2D eigenvalue weighted by Gasteiger charge is 2.16. The van der Waals surface area contributed by atoms with E-state index in [9.17, 15) is 14.4 Å². The Kier molecular flexibility index (Phi) is 35.2. The van der Waals surface area contributed by atoms with Gasteiger partial charge in [0.15, 0.2) is 0 Å². The van der Waals surface area contributed by atoms with Gasteiger partial charge in [0.2, 0.25) is 5.91 Å². The monoisotopic (exact) mass is 777 g/mol. The van der Waals surface area contributed by atoms with Crippen molar-refractivity contribution in [1.29, 1.82) is 0 Å². The van der Waals surface area contributed by atoms with Crippen LogP contribution in [0.4, 0.5) is 4.79 Å². The number of unbranched alkanes of at least 4 members (excludes halogenated alkanes) is 13. The Morgan fingerprint density at radius 2 is 0.667 bits per heavy atom. The smallest absolute Gasteiger partial charge is 0.407 e. The van der Waals surface area contributed by atoms with E-state index in [1.807, 2.05) is 41.5 Å². The van der Waals surface area contributed by atoms with Crippen molar-refractivity contribution in [3.63, 3.8) is 0 Å². The van der Waals surface area contributed by atoms with Gasteiger partial charge in [-0.05, 0) is 54.4 Å². The number of rotatable bonds is 38. The SMILES string of the molecule is CC(C)(C)OC(=O)CCCCCCCCCCCCCCCCC(=O)NCCOCCOCCOCCOCCOCCOCCNC(=O)OC(C)(C)C. The molecule has 2 amide bonds. The first-order valence-corrected chi connectivity index (χ1v) is 20.8. The average molecular weight is 777 g/mol. The number of carbonyl (C=O) groups is 3. The summed E-state index contributed by atoms with van der Waals surface area (Å²) in [5.74, 6) is 0.0206. The van der Waals surface area contributed by atoms with Gasteiger partial charge in [-0.15, -0.1) is 0 Å². The number of alkyl carbamates (subject to hydrolysis) is 1. The molecule has 320 valence electrons. The van der Waals surface area contributed by atoms with Crippen LogP contribution in [0.2, 0.25) is 0 Å². The minimum atomic E-state index is -0.514. The molecule has 0 heterocycles. The largest absolute Gasteiger partial charge is 0.460 e. The second-order valence-corrected chi connectivity index (χ2v) is 15.5. The number of amides is 2. The van der Waals surface area contributed by atoms with Crippen molar-refractivity contribution in [3.8, 4) is 0 Å². The summed E-state index contributed by atoms with van der Waals surface area (Å²) in [6.07, 6.45) is 17.5. The van der Waals surface area contributed by atoms with Crippen LogP contribution in [-0.4, -0.2) is 122 Å². The zero-order chi connectivity index (χ0) is 40.0. The maximum absolute atomic E-state index is 12.0. The Labute approximate surface area is 328 Å². The molecule has 0 aromatic rings. The van der Waals surface area contributed by atoms with Gasteiger partial charge in [0.25, 0.3) is 0 Å². The lowest BCUT2D eigenvalue weighted by atomic mass is 10.0. The fourth-order valence-corrected chi connectivity index (χ4v) is 5.16. The number of nitrogens with one attached hydrogen (secondary N) is 2. The second kappa shape index (κ2) is 36.6. The highest BCUT2D eigenvalue weighted by molar-refractivity contribution is 5.75. The average Bonchev–Trinajstić information content (AvgIpc) is 3.08. The third-order valence-corrected chi connectivity index (χ3v) is 7.80. The molecule has 0 radical (unpaired) electrons. The molecular weight excluding hydrogens is 696 g/mol. The third kappa shape index (κ3) is 44.4. The van der Waals surface area contributed by atoms with Gasteiger partial charge in [0.1, 0.15) is 11.2 Å². The van der Waals surface area contributed by atoms with Crippen LogP contribution in [0.5, 0.6) is 0 Å². The molecule has 0 bridgehead atoms. The van der Waals surface area contributed by atoms with Gasteiger partial charge >= 0.3 is 12.1 Å². The summed E-state index contributed by atoms with van der Waals surface area (Å²) >= 11 is 0. The number of esters is 1. The molecule has 0 aliphatic rings. The first-order valence-electron chi connectivity index (χ1n) is 20.8. The molecule has 0 saturated heterocycles. The summed E-state index contributed by atoms with van der Waals surface area (Å²) < 4.78 is 43.3. The standard InChI is InChI=1S/C41H80N2O11/c1-40(2,3)53-38(45)22-20-18-16-14-12-10-8-7-9-11-13-15-17-19-21-37(44)42-23-25-47-27-29-49-31-33-51-35-36-52-34-32-50-30-28-48-26-24-43-39(46)54-41(4,5)6/h7-36H2,1-6H3,(H,42,44)(H,43,46). The molecule has 2 N–H and O–H groups in total. The van der Waals surface area contributed by atoms with Crippen LogP contribution in [0.15, 0.2) is 0 Å². The van der Waals surface area contributed by atoms with E-state index in [2.05, 4.69) is 10.6 Å². The van der Waals surface area contributed by atoms with Gasteiger partial charge in [-0.2, -0.15) is 0 Å². The molecule has 0 fully saturated rings. The third-order valence-electron chi connectivity index (χ3n) is 7.80. The van der Waals surface area contributed by atoms with E-state index in [4.69, 9.17) is 37.9 Å². The molecule has 0 spiro atoms.